The van der Waals surface area contributed by atoms with Crippen molar-refractivity contribution in [2.45, 2.75) is 27.7 Å². The minimum absolute atomic E-state index is 0.261. The van der Waals surface area contributed by atoms with Crippen LogP contribution in [0.2, 0.25) is 0 Å². The van der Waals surface area contributed by atoms with Crippen LogP contribution in [-0.4, -0.2) is 9.13 Å². The minimum Gasteiger partial charge on any atom is -0.307 e. The number of aromatic nitrogens is 2. The molecule has 8 aromatic rings. The van der Waals surface area contributed by atoms with E-state index in [4.69, 9.17) is 0 Å². The quantitative estimate of drug-likeness (QED) is 0.106. The van der Waals surface area contributed by atoms with Gasteiger partial charge in [0.1, 0.15) is 0 Å². The number of rotatable bonds is 3. The molecule has 8 heteroatoms. The summed E-state index contributed by atoms with van der Waals surface area (Å²) in [4.78, 5) is 0. The highest BCUT2D eigenvalue weighted by Crippen LogP contribution is 2.43. The zero-order chi connectivity index (χ0) is 34.5. The number of hydrogen-bond acceptors (Lipinski definition) is 1. The summed E-state index contributed by atoms with van der Waals surface area (Å²) in [7, 11) is 0. The Balaban J connectivity index is 1.61. The second-order valence-electron chi connectivity index (χ2n) is 12.7. The molecule has 0 saturated carbocycles. The average molecular weight is 656 g/mol. The Morgan fingerprint density at radius 2 is 0.776 bits per heavy atom. The van der Waals surface area contributed by atoms with Gasteiger partial charge in [-0.2, -0.15) is 5.26 Å². The van der Waals surface area contributed by atoms with E-state index in [9.17, 15) is 18.4 Å². The van der Waals surface area contributed by atoms with Gasteiger partial charge in [-0.15, -0.1) is 0 Å². The Hall–Kier alpha value is -5.94. The summed E-state index contributed by atoms with van der Waals surface area (Å²) >= 11 is 0. The first-order valence-electron chi connectivity index (χ1n) is 15.6. The van der Waals surface area contributed by atoms with E-state index in [0.717, 1.165) is 65.9 Å². The van der Waals surface area contributed by atoms with Gasteiger partial charge in [-0.25, -0.2) is 22.0 Å². The highest BCUT2D eigenvalue weighted by molar-refractivity contribution is 6.12. The maximum atomic E-state index is 15.5. The van der Waals surface area contributed by atoms with Crippen molar-refractivity contribution in [3.8, 4) is 28.6 Å². The lowest BCUT2D eigenvalue weighted by atomic mass is 9.96. The predicted molar refractivity (Wildman–Crippen MR) is 184 cm³/mol. The predicted octanol–water partition coefficient (Wildman–Crippen LogP) is 11.3. The fourth-order valence-corrected chi connectivity index (χ4v) is 7.10. The van der Waals surface area contributed by atoms with Crippen LogP contribution in [0.1, 0.15) is 27.8 Å². The largest absolute Gasteiger partial charge is 0.307 e. The second-order valence-corrected chi connectivity index (χ2v) is 12.7. The second kappa shape index (κ2) is 10.8. The topological polar surface area (TPSA) is 33.6 Å². The van der Waals surface area contributed by atoms with Gasteiger partial charge in [0, 0.05) is 27.1 Å². The molecular weight excluding hydrogens is 629 g/mol. The summed E-state index contributed by atoms with van der Waals surface area (Å²) in [6.07, 6.45) is 0. The van der Waals surface area contributed by atoms with E-state index >= 15 is 8.78 Å². The molecule has 6 aromatic carbocycles. The fraction of sp³-hybridized carbons (Fsp3) is 0.0976. The molecule has 2 aromatic heterocycles. The summed E-state index contributed by atoms with van der Waals surface area (Å²) in [6, 6.07) is 28.8. The number of hydrogen-bond donors (Lipinski definition) is 0. The molecule has 0 bridgehead atoms. The fourth-order valence-electron chi connectivity index (χ4n) is 7.10. The highest BCUT2D eigenvalue weighted by atomic mass is 19.2. The van der Waals surface area contributed by atoms with Crippen molar-refractivity contribution < 1.29 is 22.0 Å². The van der Waals surface area contributed by atoms with E-state index in [1.165, 1.54) is 12.1 Å². The number of nitriles is 1. The molecule has 49 heavy (non-hydrogen) atoms. The molecule has 0 atom stereocenters. The van der Waals surface area contributed by atoms with Gasteiger partial charge >= 0.3 is 0 Å². The van der Waals surface area contributed by atoms with Gasteiger partial charge in [-0.3, -0.25) is 0 Å². The van der Waals surface area contributed by atoms with Crippen LogP contribution >= 0.6 is 0 Å². The van der Waals surface area contributed by atoms with Crippen LogP contribution in [0.15, 0.2) is 84.9 Å². The highest BCUT2D eigenvalue weighted by Gasteiger charge is 2.30. The molecule has 2 heterocycles. The molecule has 0 radical (unpaired) electrons. The smallest absolute Gasteiger partial charge is 0.200 e. The monoisotopic (exact) mass is 655 g/mol. The first-order valence-corrected chi connectivity index (χ1v) is 15.6. The third kappa shape index (κ3) is 4.39. The van der Waals surface area contributed by atoms with Crippen LogP contribution in [0.25, 0.3) is 66.1 Å². The van der Waals surface area contributed by atoms with Gasteiger partial charge in [0.25, 0.3) is 0 Å². The molecule has 3 nitrogen and oxygen atoms in total. The van der Waals surface area contributed by atoms with Gasteiger partial charge in [0.2, 0.25) is 5.82 Å². The number of nitrogens with zero attached hydrogens (tertiary/aromatic N) is 3. The number of benzene rings is 6. The maximum Gasteiger partial charge on any atom is 0.200 e. The SMILES string of the molecule is Cc1ccc2c(c1)c1cc(C)ccc1n2-c1cc(C#N)c(-c2c(F)c(F)c(F)c(F)c2F)cc1-n1c2ccc(C)cc2c2cc(C)ccc21. The maximum absolute atomic E-state index is 15.5. The summed E-state index contributed by atoms with van der Waals surface area (Å²) in [5.41, 5.74) is 6.28. The van der Waals surface area contributed by atoms with E-state index in [2.05, 4.69) is 12.1 Å². The van der Waals surface area contributed by atoms with E-state index in [0.29, 0.717) is 11.4 Å². The normalized spacial score (nSPS) is 11.8. The van der Waals surface area contributed by atoms with E-state index in [1.54, 1.807) is 0 Å². The molecular formula is C41H26F5N3. The van der Waals surface area contributed by atoms with Crippen LogP contribution in [0, 0.1) is 68.1 Å². The van der Waals surface area contributed by atoms with Crippen molar-refractivity contribution in [2.24, 2.45) is 0 Å². The third-order valence-corrected chi connectivity index (χ3v) is 9.35. The van der Waals surface area contributed by atoms with Crippen LogP contribution in [0.4, 0.5) is 22.0 Å². The standard InChI is InChI=1S/C41H26F5N3/c1-20-5-9-30-26(13-20)27-14-21(2)6-10-31(27)48(30)34-17-24(19-47)25(36-37(42)39(44)41(46)40(45)38(36)43)18-35(34)49-32-11-7-22(3)15-28(32)29-16-23(4)8-12-33(29)49/h5-18H,1-4H3. The van der Waals surface area contributed by atoms with Crippen molar-refractivity contribution in [3.05, 3.63) is 142 Å². The lowest BCUT2D eigenvalue weighted by molar-refractivity contribution is 0.381. The number of halogens is 5. The zero-order valence-corrected chi connectivity index (χ0v) is 26.8. The van der Waals surface area contributed by atoms with Crippen LogP contribution in [-0.2, 0) is 0 Å². The van der Waals surface area contributed by atoms with Crippen molar-refractivity contribution in [2.75, 3.05) is 0 Å². The molecule has 240 valence electrons. The summed E-state index contributed by atoms with van der Waals surface area (Å²) in [5, 5.41) is 14.2. The summed E-state index contributed by atoms with van der Waals surface area (Å²) in [6.45, 7) is 7.96. The Bertz CT molecular complexity index is 2630. The van der Waals surface area contributed by atoms with Gasteiger partial charge in [0.05, 0.1) is 50.6 Å². The van der Waals surface area contributed by atoms with Crippen molar-refractivity contribution in [3.63, 3.8) is 0 Å². The zero-order valence-electron chi connectivity index (χ0n) is 26.8. The Labute approximate surface area is 277 Å². The lowest BCUT2D eigenvalue weighted by Crippen LogP contribution is -2.08. The molecule has 8 rings (SSSR count). The Kier molecular flexibility index (Phi) is 6.69. The van der Waals surface area contributed by atoms with Crippen LogP contribution in [0.5, 0.6) is 0 Å². The molecule has 0 saturated heterocycles. The van der Waals surface area contributed by atoms with E-state index < -0.39 is 40.2 Å². The number of aryl methyl sites for hydroxylation is 4. The molecule has 0 spiro atoms. The molecule has 0 fully saturated rings. The molecule has 0 aliphatic rings. The Morgan fingerprint density at radius 3 is 1.12 bits per heavy atom. The van der Waals surface area contributed by atoms with Gasteiger partial charge in [-0.05, 0) is 88.4 Å². The number of fused-ring (bicyclic) bond motifs is 6. The molecule has 0 N–H and O–H groups in total. The van der Waals surface area contributed by atoms with E-state index in [1.807, 2.05) is 104 Å². The molecule has 0 aliphatic heterocycles. The van der Waals surface area contributed by atoms with Crippen molar-refractivity contribution in [1.29, 1.82) is 5.26 Å². The van der Waals surface area contributed by atoms with Gasteiger partial charge in [0.15, 0.2) is 23.3 Å². The lowest BCUT2D eigenvalue weighted by Gasteiger charge is -2.20. The molecule has 0 amide bonds. The van der Waals surface area contributed by atoms with Crippen LogP contribution < -0.4 is 0 Å². The van der Waals surface area contributed by atoms with Crippen molar-refractivity contribution in [1.82, 2.24) is 9.13 Å². The van der Waals surface area contributed by atoms with Crippen molar-refractivity contribution >= 4 is 43.6 Å². The van der Waals surface area contributed by atoms with Crippen LogP contribution in [0.3, 0.4) is 0 Å². The first-order chi connectivity index (χ1) is 23.5. The van der Waals surface area contributed by atoms with E-state index in [-0.39, 0.29) is 5.56 Å². The Morgan fingerprint density at radius 1 is 0.449 bits per heavy atom. The summed E-state index contributed by atoms with van der Waals surface area (Å²) < 4.78 is 78.4. The van der Waals surface area contributed by atoms with Gasteiger partial charge < -0.3 is 9.13 Å². The third-order valence-electron chi connectivity index (χ3n) is 9.35. The van der Waals surface area contributed by atoms with Gasteiger partial charge in [-0.1, -0.05) is 46.5 Å². The molecule has 0 unspecified atom stereocenters. The average Bonchev–Trinajstić information content (AvgIpc) is 3.57. The first kappa shape index (κ1) is 30.4. The summed E-state index contributed by atoms with van der Waals surface area (Å²) in [5.74, 6) is -10.5. The minimum atomic E-state index is -2.27. The molecule has 0 aliphatic carbocycles.